The Morgan fingerprint density at radius 1 is 1.32 bits per heavy atom. The first kappa shape index (κ1) is 19.6. The first-order valence-corrected chi connectivity index (χ1v) is 9.64. The van der Waals surface area contributed by atoms with E-state index in [1.54, 1.807) is 6.07 Å². The molecular formula is C21H18FN3O2S. The zero-order valence-electron chi connectivity index (χ0n) is 15.2. The van der Waals surface area contributed by atoms with E-state index >= 15 is 0 Å². The van der Waals surface area contributed by atoms with Gasteiger partial charge in [0.05, 0.1) is 22.4 Å². The van der Waals surface area contributed by atoms with Gasteiger partial charge in [0.25, 0.3) is 0 Å². The third-order valence-corrected chi connectivity index (χ3v) is 5.39. The van der Waals surface area contributed by atoms with Crippen molar-refractivity contribution in [1.29, 1.82) is 5.26 Å². The third-order valence-electron chi connectivity index (χ3n) is 4.38. The van der Waals surface area contributed by atoms with Crippen molar-refractivity contribution in [2.45, 2.75) is 19.3 Å². The highest BCUT2D eigenvalue weighted by atomic mass is 32.2. The molecule has 1 aliphatic rings. The van der Waals surface area contributed by atoms with Gasteiger partial charge in [-0.2, -0.15) is 5.26 Å². The lowest BCUT2D eigenvalue weighted by Gasteiger charge is -2.26. The molecule has 0 spiro atoms. The van der Waals surface area contributed by atoms with Crippen molar-refractivity contribution in [1.82, 2.24) is 5.32 Å². The maximum Gasteiger partial charge on any atom is 0.234 e. The molecule has 0 aliphatic carbocycles. The summed E-state index contributed by atoms with van der Waals surface area (Å²) in [5.74, 6) is -1.35. The van der Waals surface area contributed by atoms with Crippen LogP contribution in [0.1, 0.15) is 23.5 Å². The lowest BCUT2D eigenvalue weighted by atomic mass is 9.85. The molecule has 3 rings (SSSR count). The molecule has 7 heteroatoms. The highest BCUT2D eigenvalue weighted by Gasteiger charge is 2.30. The number of aryl methyl sites for hydroxylation is 1. The number of nitrogens with one attached hydrogen (secondary N) is 2. The van der Waals surface area contributed by atoms with Crippen LogP contribution in [0.25, 0.3) is 0 Å². The monoisotopic (exact) mass is 395 g/mol. The zero-order chi connectivity index (χ0) is 20.1. The molecule has 2 aromatic rings. The molecule has 0 aromatic heterocycles. The van der Waals surface area contributed by atoms with Gasteiger partial charge in [0, 0.05) is 18.0 Å². The highest BCUT2D eigenvalue weighted by molar-refractivity contribution is 8.03. The zero-order valence-corrected chi connectivity index (χ0v) is 16.0. The van der Waals surface area contributed by atoms with Gasteiger partial charge in [-0.05, 0) is 36.2 Å². The number of allylic oxidation sites excluding steroid dienone is 1. The molecule has 0 radical (unpaired) electrons. The molecule has 0 unspecified atom stereocenters. The van der Waals surface area contributed by atoms with E-state index in [1.165, 1.54) is 18.2 Å². The number of carbonyl (C=O) groups excluding carboxylic acids is 2. The number of halogens is 1. The van der Waals surface area contributed by atoms with E-state index in [0.29, 0.717) is 16.3 Å². The average molecular weight is 395 g/mol. The molecule has 2 aromatic carbocycles. The molecule has 0 bridgehead atoms. The van der Waals surface area contributed by atoms with Crippen LogP contribution in [0.5, 0.6) is 0 Å². The van der Waals surface area contributed by atoms with E-state index in [4.69, 9.17) is 0 Å². The quantitative estimate of drug-likeness (QED) is 0.806. The summed E-state index contributed by atoms with van der Waals surface area (Å²) in [5.41, 5.74) is 2.72. The number of nitriles is 1. The van der Waals surface area contributed by atoms with Crippen molar-refractivity contribution in [3.63, 3.8) is 0 Å². The second-order valence-electron chi connectivity index (χ2n) is 6.36. The molecule has 5 nitrogen and oxygen atoms in total. The first-order chi connectivity index (χ1) is 13.5. The largest absolute Gasteiger partial charge is 0.325 e. The number of anilines is 1. The van der Waals surface area contributed by atoms with Crippen molar-refractivity contribution in [2.75, 3.05) is 11.1 Å². The second-order valence-corrected chi connectivity index (χ2v) is 7.35. The van der Waals surface area contributed by atoms with Crippen LogP contribution in [0.4, 0.5) is 10.1 Å². The maximum absolute atomic E-state index is 13.2. The fraction of sp³-hybridized carbons (Fsp3) is 0.190. The van der Waals surface area contributed by atoms with E-state index in [-0.39, 0.29) is 29.9 Å². The third kappa shape index (κ3) is 4.59. The first-order valence-electron chi connectivity index (χ1n) is 8.66. The molecule has 28 heavy (non-hydrogen) atoms. The Hall–Kier alpha value is -3.11. The lowest BCUT2D eigenvalue weighted by Crippen LogP contribution is -2.31. The van der Waals surface area contributed by atoms with Crippen LogP contribution in [0.3, 0.4) is 0 Å². The van der Waals surface area contributed by atoms with Gasteiger partial charge in [-0.3, -0.25) is 9.59 Å². The number of carbonyl (C=O) groups is 2. The summed E-state index contributed by atoms with van der Waals surface area (Å²) in [6.07, 6.45) is 0.188. The molecule has 1 aliphatic heterocycles. The van der Waals surface area contributed by atoms with E-state index in [9.17, 15) is 19.2 Å². The Morgan fingerprint density at radius 3 is 2.82 bits per heavy atom. The molecule has 2 N–H and O–H groups in total. The molecule has 2 amide bonds. The maximum atomic E-state index is 13.2. The summed E-state index contributed by atoms with van der Waals surface area (Å²) < 4.78 is 13.2. The predicted molar refractivity (Wildman–Crippen MR) is 107 cm³/mol. The molecule has 1 heterocycles. The van der Waals surface area contributed by atoms with Crippen LogP contribution in [0, 0.1) is 24.1 Å². The van der Waals surface area contributed by atoms with Crippen molar-refractivity contribution in [3.8, 4) is 6.07 Å². The van der Waals surface area contributed by atoms with Crippen LogP contribution in [0.15, 0.2) is 59.1 Å². The fourth-order valence-electron chi connectivity index (χ4n) is 3.08. The number of rotatable bonds is 5. The van der Waals surface area contributed by atoms with E-state index in [0.717, 1.165) is 22.9 Å². The van der Waals surface area contributed by atoms with Crippen LogP contribution >= 0.6 is 11.8 Å². The average Bonchev–Trinajstić information content (AvgIpc) is 2.66. The highest BCUT2D eigenvalue weighted by Crippen LogP contribution is 2.37. The summed E-state index contributed by atoms with van der Waals surface area (Å²) in [4.78, 5) is 24.4. The van der Waals surface area contributed by atoms with Crippen molar-refractivity contribution >= 4 is 29.3 Å². The second kappa shape index (κ2) is 8.72. The van der Waals surface area contributed by atoms with Gasteiger partial charge in [-0.25, -0.2) is 4.39 Å². The summed E-state index contributed by atoms with van der Waals surface area (Å²) in [7, 11) is 0. The Balaban J connectivity index is 1.77. The molecule has 1 atom stereocenters. The normalized spacial score (nSPS) is 16.3. The standard InChI is InChI=1S/C21H18FN3O2S/c1-13-5-2-3-8-16(13)17-10-19(26)25-21(18(17)11-23)28-12-20(27)24-15-7-4-6-14(22)9-15/h2-9,17H,10,12H2,1H3,(H,24,27)(H,25,26)/t17-/m0/s1. The van der Waals surface area contributed by atoms with Gasteiger partial charge in [-0.1, -0.05) is 42.1 Å². The minimum atomic E-state index is -0.444. The van der Waals surface area contributed by atoms with Gasteiger partial charge in [0.2, 0.25) is 11.8 Å². The minimum absolute atomic E-state index is 0.0161. The van der Waals surface area contributed by atoms with Crippen molar-refractivity contribution < 1.29 is 14.0 Å². The van der Waals surface area contributed by atoms with Crippen LogP contribution < -0.4 is 10.6 Å². The lowest BCUT2D eigenvalue weighted by molar-refractivity contribution is -0.121. The Kier molecular flexibility index (Phi) is 6.12. The number of hydrogen-bond donors (Lipinski definition) is 2. The van der Waals surface area contributed by atoms with E-state index in [1.807, 2.05) is 31.2 Å². The summed E-state index contributed by atoms with van der Waals surface area (Å²) >= 11 is 1.09. The number of nitrogens with zero attached hydrogens (tertiary/aromatic N) is 1. The Bertz CT molecular complexity index is 997. The fourth-order valence-corrected chi connectivity index (χ4v) is 3.95. The molecule has 142 valence electrons. The summed E-state index contributed by atoms with van der Waals surface area (Å²) in [6, 6.07) is 15.4. The van der Waals surface area contributed by atoms with Crippen LogP contribution in [0.2, 0.25) is 0 Å². The number of thioether (sulfide) groups is 1. The molecule has 0 saturated carbocycles. The summed E-state index contributed by atoms with van der Waals surface area (Å²) in [6.45, 7) is 1.94. The number of amides is 2. The van der Waals surface area contributed by atoms with Gasteiger partial charge in [0.1, 0.15) is 5.82 Å². The van der Waals surface area contributed by atoms with E-state index in [2.05, 4.69) is 16.7 Å². The molecule has 0 fully saturated rings. The Morgan fingerprint density at radius 2 is 2.11 bits per heavy atom. The predicted octanol–water partition coefficient (Wildman–Crippen LogP) is 3.84. The van der Waals surface area contributed by atoms with Gasteiger partial charge in [0.15, 0.2) is 0 Å². The van der Waals surface area contributed by atoms with Crippen molar-refractivity contribution in [3.05, 3.63) is 76.1 Å². The summed E-state index contributed by atoms with van der Waals surface area (Å²) in [5, 5.41) is 15.4. The van der Waals surface area contributed by atoms with Crippen molar-refractivity contribution in [2.24, 2.45) is 0 Å². The minimum Gasteiger partial charge on any atom is -0.325 e. The molecular weight excluding hydrogens is 377 g/mol. The van der Waals surface area contributed by atoms with Crippen LogP contribution in [-0.4, -0.2) is 17.6 Å². The van der Waals surface area contributed by atoms with E-state index < -0.39 is 5.82 Å². The SMILES string of the molecule is Cc1ccccc1[C@@H]1CC(=O)NC(SCC(=O)Nc2cccc(F)c2)=C1C#N. The van der Waals surface area contributed by atoms with Crippen LogP contribution in [-0.2, 0) is 9.59 Å². The van der Waals surface area contributed by atoms with Gasteiger partial charge < -0.3 is 10.6 Å². The smallest absolute Gasteiger partial charge is 0.234 e. The Labute approximate surface area is 166 Å². The number of hydrogen-bond acceptors (Lipinski definition) is 4. The topological polar surface area (TPSA) is 82.0 Å². The van der Waals surface area contributed by atoms with Gasteiger partial charge in [-0.15, -0.1) is 0 Å². The number of benzene rings is 2. The van der Waals surface area contributed by atoms with Gasteiger partial charge >= 0.3 is 0 Å². The molecule has 0 saturated heterocycles.